The lowest BCUT2D eigenvalue weighted by Crippen LogP contribution is -2.71. The maximum atomic E-state index is 12.7. The van der Waals surface area contributed by atoms with Gasteiger partial charge in [-0.25, -0.2) is 9.98 Å². The molecule has 2 aromatic rings. The Kier molecular flexibility index (Phi) is 4.01. The van der Waals surface area contributed by atoms with E-state index in [-0.39, 0.29) is 24.2 Å². The number of nitrogens with two attached hydrogens (primary N) is 1. The van der Waals surface area contributed by atoms with E-state index in [2.05, 4.69) is 10.3 Å². The fourth-order valence-corrected chi connectivity index (χ4v) is 4.65. The third kappa shape index (κ3) is 2.61. The molecule has 3 aliphatic rings. The van der Waals surface area contributed by atoms with Crippen molar-refractivity contribution < 1.29 is 19.0 Å². The van der Waals surface area contributed by atoms with E-state index in [1.54, 1.807) is 12.1 Å². The van der Waals surface area contributed by atoms with Crippen molar-refractivity contribution in [2.45, 2.75) is 25.0 Å². The van der Waals surface area contributed by atoms with Crippen molar-refractivity contribution in [3.05, 3.63) is 53.3 Å². The van der Waals surface area contributed by atoms with Crippen LogP contribution in [0.5, 0.6) is 5.75 Å². The predicted octanol–water partition coefficient (Wildman–Crippen LogP) is 1.93. The lowest BCUT2D eigenvalue weighted by molar-refractivity contribution is -0.247. The van der Waals surface area contributed by atoms with E-state index >= 15 is 0 Å². The van der Waals surface area contributed by atoms with Gasteiger partial charge in [0.2, 0.25) is 0 Å². The van der Waals surface area contributed by atoms with Crippen LogP contribution in [0.3, 0.4) is 0 Å². The number of aliphatic imine (C=N–C) groups is 1. The highest BCUT2D eigenvalue weighted by molar-refractivity contribution is 6.04. The lowest BCUT2D eigenvalue weighted by Gasteiger charge is -2.61. The summed E-state index contributed by atoms with van der Waals surface area (Å²) in [5.74, 6) is 0.332. The Bertz CT molecular complexity index is 1150. The molecule has 1 unspecified atom stereocenters. The number of carbonyl (C=O) groups excluding carboxylic acids is 1. The van der Waals surface area contributed by atoms with Crippen LogP contribution in [0.25, 0.3) is 0 Å². The van der Waals surface area contributed by atoms with Crippen LogP contribution in [0.15, 0.2) is 41.5 Å². The van der Waals surface area contributed by atoms with Crippen molar-refractivity contribution in [3.8, 4) is 11.8 Å². The van der Waals surface area contributed by atoms with Gasteiger partial charge >= 0.3 is 0 Å². The van der Waals surface area contributed by atoms with Gasteiger partial charge in [-0.15, -0.1) is 0 Å². The Morgan fingerprint density at radius 3 is 2.61 bits per heavy atom. The monoisotopic (exact) mass is 419 g/mol. The molecule has 3 N–H and O–H groups in total. The Morgan fingerprint density at radius 1 is 1.23 bits per heavy atom. The average molecular weight is 419 g/mol. The first-order chi connectivity index (χ1) is 14.8. The van der Waals surface area contributed by atoms with Crippen molar-refractivity contribution in [2.24, 2.45) is 16.1 Å². The van der Waals surface area contributed by atoms with Gasteiger partial charge in [-0.05, 0) is 44.2 Å². The first-order valence-electron chi connectivity index (χ1n) is 9.87. The number of nitriles is 1. The molecule has 1 amide bonds. The van der Waals surface area contributed by atoms with Gasteiger partial charge in [0.25, 0.3) is 11.9 Å². The van der Waals surface area contributed by atoms with Gasteiger partial charge in [0.05, 0.1) is 24.2 Å². The quantitative estimate of drug-likeness (QED) is 0.760. The number of hydrogen-bond acceptors (Lipinski definition) is 8. The minimum atomic E-state index is -0.775. The molecule has 1 aromatic carbocycles. The molecule has 158 valence electrons. The predicted molar refractivity (Wildman–Crippen MR) is 111 cm³/mol. The van der Waals surface area contributed by atoms with E-state index in [0.29, 0.717) is 30.2 Å². The van der Waals surface area contributed by atoms with Gasteiger partial charge in [-0.1, -0.05) is 0 Å². The highest BCUT2D eigenvalue weighted by atomic mass is 16.5. The van der Waals surface area contributed by atoms with E-state index < -0.39 is 16.6 Å². The first-order valence-corrected chi connectivity index (χ1v) is 9.87. The van der Waals surface area contributed by atoms with Crippen LogP contribution in [0.1, 0.15) is 35.5 Å². The standard InChI is InChI=1S/C22H21N5O4/c1-20(2)21(10-29-11-21)22(12-30-19(24)27-22)16-7-14(5-6-17(16)31-20)26-18(28)13-3-4-15(8-23)25-9-13/h3-7,9H,10-12H2,1-2H3,(H2,24,27)(H,26,28). The summed E-state index contributed by atoms with van der Waals surface area (Å²) < 4.78 is 17.6. The molecule has 31 heavy (non-hydrogen) atoms. The van der Waals surface area contributed by atoms with E-state index in [0.717, 1.165) is 5.56 Å². The summed E-state index contributed by atoms with van der Waals surface area (Å²) in [6.07, 6.45) is 1.37. The topological polar surface area (TPSA) is 132 Å². The molecule has 1 atom stereocenters. The summed E-state index contributed by atoms with van der Waals surface area (Å²) in [5.41, 5.74) is 6.13. The number of rotatable bonds is 2. The van der Waals surface area contributed by atoms with Crippen LogP contribution in [-0.2, 0) is 15.0 Å². The van der Waals surface area contributed by atoms with Crippen molar-refractivity contribution in [2.75, 3.05) is 25.1 Å². The van der Waals surface area contributed by atoms with Crippen LogP contribution in [0.4, 0.5) is 5.69 Å². The van der Waals surface area contributed by atoms with Gasteiger partial charge < -0.3 is 25.3 Å². The summed E-state index contributed by atoms with van der Waals surface area (Å²) in [6, 6.07) is 10.6. The first kappa shape index (κ1) is 19.3. The second-order valence-electron chi connectivity index (χ2n) is 8.50. The number of aromatic nitrogens is 1. The highest BCUT2D eigenvalue weighted by Gasteiger charge is 2.71. The van der Waals surface area contributed by atoms with Gasteiger partial charge in [-0.2, -0.15) is 5.26 Å². The molecular formula is C22H21N5O4. The molecule has 0 aliphatic carbocycles. The van der Waals surface area contributed by atoms with E-state index in [1.807, 2.05) is 32.0 Å². The lowest BCUT2D eigenvalue weighted by atomic mass is 9.55. The maximum absolute atomic E-state index is 12.7. The molecule has 1 aromatic heterocycles. The molecule has 5 rings (SSSR count). The molecule has 0 bridgehead atoms. The molecule has 9 nitrogen and oxygen atoms in total. The number of benzene rings is 1. The summed E-state index contributed by atoms with van der Waals surface area (Å²) in [7, 11) is 0. The number of carbonyl (C=O) groups is 1. The normalized spacial score (nSPS) is 24.2. The SMILES string of the molecule is CC1(C)Oc2ccc(NC(=O)c3ccc(C#N)nc3)cc2C2(COC(N)=N2)C12COC2. The smallest absolute Gasteiger partial charge is 0.283 e. The van der Waals surface area contributed by atoms with Crippen LogP contribution in [-0.4, -0.2) is 42.3 Å². The second-order valence-corrected chi connectivity index (χ2v) is 8.50. The zero-order valence-corrected chi connectivity index (χ0v) is 17.1. The summed E-state index contributed by atoms with van der Waals surface area (Å²) in [6.45, 7) is 5.26. The molecule has 1 fully saturated rings. The van der Waals surface area contributed by atoms with Crippen molar-refractivity contribution in [1.82, 2.24) is 4.98 Å². The number of ether oxygens (including phenoxy) is 3. The number of anilines is 1. The molecule has 0 radical (unpaired) electrons. The Hall–Kier alpha value is -3.64. The van der Waals surface area contributed by atoms with Gasteiger partial charge in [0.1, 0.15) is 35.3 Å². The summed E-state index contributed by atoms with van der Waals surface area (Å²) in [4.78, 5) is 21.4. The van der Waals surface area contributed by atoms with Crippen LogP contribution in [0.2, 0.25) is 0 Å². The van der Waals surface area contributed by atoms with E-state index in [4.69, 9.17) is 30.2 Å². The summed E-state index contributed by atoms with van der Waals surface area (Å²) in [5, 5.41) is 11.8. The van der Waals surface area contributed by atoms with Crippen molar-refractivity contribution in [1.29, 1.82) is 5.26 Å². The van der Waals surface area contributed by atoms with E-state index in [9.17, 15) is 4.79 Å². The Morgan fingerprint density at radius 2 is 2.03 bits per heavy atom. The van der Waals surface area contributed by atoms with Gasteiger partial charge in [0, 0.05) is 17.4 Å². The number of amidine groups is 1. The molecule has 9 heteroatoms. The molecule has 1 saturated heterocycles. The zero-order valence-electron chi connectivity index (χ0n) is 17.1. The number of fused-ring (bicyclic) bond motifs is 3. The largest absolute Gasteiger partial charge is 0.487 e. The average Bonchev–Trinajstić information content (AvgIpc) is 3.09. The molecular weight excluding hydrogens is 398 g/mol. The van der Waals surface area contributed by atoms with E-state index in [1.165, 1.54) is 12.3 Å². The molecule has 3 aliphatic heterocycles. The van der Waals surface area contributed by atoms with Crippen LogP contribution in [0, 0.1) is 16.7 Å². The van der Waals surface area contributed by atoms with Crippen molar-refractivity contribution in [3.63, 3.8) is 0 Å². The fourth-order valence-electron chi connectivity index (χ4n) is 4.65. The fraction of sp³-hybridized carbons (Fsp3) is 0.364. The maximum Gasteiger partial charge on any atom is 0.283 e. The number of amides is 1. The number of nitrogens with zero attached hydrogens (tertiary/aromatic N) is 3. The van der Waals surface area contributed by atoms with Gasteiger partial charge in [-0.3, -0.25) is 4.79 Å². The highest BCUT2D eigenvalue weighted by Crippen LogP contribution is 2.62. The minimum absolute atomic E-state index is 0.132. The van der Waals surface area contributed by atoms with Crippen molar-refractivity contribution >= 4 is 17.6 Å². The second kappa shape index (κ2) is 6.43. The number of nitrogens with one attached hydrogen (secondary N) is 1. The molecule has 4 heterocycles. The van der Waals surface area contributed by atoms with Gasteiger partial charge in [0.15, 0.2) is 0 Å². The van der Waals surface area contributed by atoms with Crippen LogP contribution < -0.4 is 15.8 Å². The number of hydrogen-bond donors (Lipinski definition) is 2. The number of pyridine rings is 1. The third-order valence-corrected chi connectivity index (χ3v) is 6.56. The van der Waals surface area contributed by atoms with Crippen LogP contribution >= 0.6 is 0 Å². The third-order valence-electron chi connectivity index (χ3n) is 6.56. The molecule has 0 saturated carbocycles. The Balaban J connectivity index is 1.54. The zero-order chi connectivity index (χ0) is 21.9. The Labute approximate surface area is 178 Å². The minimum Gasteiger partial charge on any atom is -0.487 e. The summed E-state index contributed by atoms with van der Waals surface area (Å²) >= 11 is 0. The molecule has 2 spiro atoms.